The zero-order valence-corrected chi connectivity index (χ0v) is 15.8. The highest BCUT2D eigenvalue weighted by Crippen LogP contribution is 2.33. The molecule has 2 aromatic rings. The van der Waals surface area contributed by atoms with Gasteiger partial charge in [0, 0.05) is 13.0 Å². The van der Waals surface area contributed by atoms with Crippen LogP contribution in [0.4, 0.5) is 0 Å². The van der Waals surface area contributed by atoms with Gasteiger partial charge < -0.3 is 4.90 Å². The third-order valence-electron chi connectivity index (χ3n) is 5.09. The monoisotopic (exact) mass is 356 g/mol. The summed E-state index contributed by atoms with van der Waals surface area (Å²) in [6.07, 6.45) is 2.05. The Hall–Kier alpha value is -1.97. The molecule has 132 valence electrons. The number of hydrogen-bond acceptors (Lipinski definition) is 5. The Bertz CT molecular complexity index is 766. The van der Waals surface area contributed by atoms with Crippen LogP contribution in [-0.2, 0) is 4.79 Å². The molecule has 0 bridgehead atoms. The maximum absolute atomic E-state index is 12.4. The molecule has 6 heteroatoms. The quantitative estimate of drug-likeness (QED) is 0.844. The van der Waals surface area contributed by atoms with Gasteiger partial charge in [0.05, 0.1) is 27.8 Å². The minimum Gasteiger partial charge on any atom is -0.326 e. The van der Waals surface area contributed by atoms with Crippen LogP contribution >= 0.6 is 11.3 Å². The molecule has 25 heavy (non-hydrogen) atoms. The molecule has 0 unspecified atom stereocenters. The number of fused-ring (bicyclic) bond motifs is 1. The van der Waals surface area contributed by atoms with E-state index in [1.165, 1.54) is 9.71 Å². The summed E-state index contributed by atoms with van der Waals surface area (Å²) in [6, 6.07) is 10.4. The van der Waals surface area contributed by atoms with Crippen molar-refractivity contribution in [1.29, 1.82) is 5.26 Å². The zero-order valence-electron chi connectivity index (χ0n) is 15.0. The van der Waals surface area contributed by atoms with E-state index in [4.69, 9.17) is 4.98 Å². The van der Waals surface area contributed by atoms with Crippen molar-refractivity contribution >= 4 is 27.5 Å². The van der Waals surface area contributed by atoms with Gasteiger partial charge in [-0.15, -0.1) is 11.3 Å². The van der Waals surface area contributed by atoms with Crippen LogP contribution in [0.2, 0.25) is 0 Å². The fourth-order valence-electron chi connectivity index (χ4n) is 3.09. The Morgan fingerprint density at radius 2 is 2.08 bits per heavy atom. The number of likely N-dealkylation sites (tertiary alicyclic amines) is 1. The summed E-state index contributed by atoms with van der Waals surface area (Å²) in [4.78, 5) is 20.9. The Morgan fingerprint density at radius 1 is 1.40 bits per heavy atom. The van der Waals surface area contributed by atoms with Crippen molar-refractivity contribution in [3.63, 3.8) is 0 Å². The highest BCUT2D eigenvalue weighted by molar-refractivity contribution is 7.18. The number of thiazole rings is 1. The Morgan fingerprint density at radius 3 is 2.72 bits per heavy atom. The van der Waals surface area contributed by atoms with Gasteiger partial charge in [0.1, 0.15) is 5.54 Å². The largest absolute Gasteiger partial charge is 0.326 e. The van der Waals surface area contributed by atoms with Crippen LogP contribution in [0.3, 0.4) is 0 Å². The number of para-hydroxylation sites is 1. The number of benzene rings is 1. The first-order valence-electron chi connectivity index (χ1n) is 8.66. The number of likely N-dealkylation sites (N-methyl/N-ethyl adjacent to an activating group) is 1. The topological polar surface area (TPSA) is 60.2 Å². The Kier molecular flexibility index (Phi) is 5.07. The predicted octanol–water partition coefficient (Wildman–Crippen LogP) is 3.24. The van der Waals surface area contributed by atoms with Crippen LogP contribution in [-0.4, -0.2) is 52.9 Å². The number of nitrogens with zero attached hydrogens (tertiary/aromatic N) is 4. The minimum absolute atomic E-state index is 0.00462. The predicted molar refractivity (Wildman–Crippen MR) is 100 cm³/mol. The molecule has 0 saturated carbocycles. The van der Waals surface area contributed by atoms with Gasteiger partial charge in [-0.3, -0.25) is 9.69 Å². The van der Waals surface area contributed by atoms with Crippen LogP contribution in [0.25, 0.3) is 10.2 Å². The average Bonchev–Trinajstić information content (AvgIpc) is 3.05. The van der Waals surface area contributed by atoms with E-state index in [1.54, 1.807) is 37.1 Å². The van der Waals surface area contributed by atoms with E-state index >= 15 is 0 Å². The molecule has 0 spiro atoms. The molecular weight excluding hydrogens is 332 g/mol. The molecular formula is C19H24N4OS. The lowest BCUT2D eigenvalue weighted by atomic mass is 9.97. The van der Waals surface area contributed by atoms with Crippen molar-refractivity contribution in [3.8, 4) is 6.07 Å². The minimum atomic E-state index is -0.767. The molecule has 1 saturated heterocycles. The summed E-state index contributed by atoms with van der Waals surface area (Å²) in [5, 5.41) is 10.4. The molecule has 2 heterocycles. The van der Waals surface area contributed by atoms with Gasteiger partial charge in [-0.2, -0.15) is 5.26 Å². The molecule has 3 rings (SSSR count). The lowest BCUT2D eigenvalue weighted by Gasteiger charge is -2.34. The first kappa shape index (κ1) is 17.8. The van der Waals surface area contributed by atoms with E-state index < -0.39 is 5.54 Å². The highest BCUT2D eigenvalue weighted by atomic mass is 32.1. The van der Waals surface area contributed by atoms with Crippen molar-refractivity contribution in [2.24, 2.45) is 0 Å². The van der Waals surface area contributed by atoms with Gasteiger partial charge >= 0.3 is 0 Å². The third-order valence-corrected chi connectivity index (χ3v) is 6.29. The molecule has 0 aliphatic carbocycles. The first-order chi connectivity index (χ1) is 11.9. The van der Waals surface area contributed by atoms with E-state index in [1.807, 2.05) is 6.07 Å². The summed E-state index contributed by atoms with van der Waals surface area (Å²) < 4.78 is 1.25. The Balaban J connectivity index is 1.57. The standard InChI is InChI=1S/C19H24N4OS/c1-19(2,13-20)22(3)17(24)12-23-10-8-14(9-11-23)18-21-15-6-4-5-7-16(15)25-18/h4-7,14H,8-12H2,1-3H3. The second-order valence-corrected chi connectivity index (χ2v) is 8.26. The summed E-state index contributed by atoms with van der Waals surface area (Å²) in [7, 11) is 1.71. The maximum Gasteiger partial charge on any atom is 0.237 e. The van der Waals surface area contributed by atoms with Gasteiger partial charge in [0.15, 0.2) is 0 Å². The number of aromatic nitrogens is 1. The number of carbonyl (C=O) groups excluding carboxylic acids is 1. The summed E-state index contributed by atoms with van der Waals surface area (Å²) in [5.74, 6) is 0.488. The molecule has 0 atom stereocenters. The van der Waals surface area contributed by atoms with E-state index in [2.05, 4.69) is 29.2 Å². The fourth-order valence-corrected chi connectivity index (χ4v) is 4.22. The first-order valence-corrected chi connectivity index (χ1v) is 9.48. The van der Waals surface area contributed by atoms with Gasteiger partial charge in [-0.25, -0.2) is 4.98 Å². The van der Waals surface area contributed by atoms with Crippen LogP contribution in [0.5, 0.6) is 0 Å². The van der Waals surface area contributed by atoms with Crippen molar-refractivity contribution in [2.75, 3.05) is 26.7 Å². The smallest absolute Gasteiger partial charge is 0.237 e. The van der Waals surface area contributed by atoms with Gasteiger partial charge in [-0.1, -0.05) is 12.1 Å². The number of piperidine rings is 1. The molecule has 1 fully saturated rings. The van der Waals surface area contributed by atoms with Gasteiger partial charge in [-0.05, 0) is 51.9 Å². The van der Waals surface area contributed by atoms with Gasteiger partial charge in [0.2, 0.25) is 5.91 Å². The average molecular weight is 356 g/mol. The summed E-state index contributed by atoms with van der Waals surface area (Å²) >= 11 is 1.79. The van der Waals surface area contributed by atoms with Gasteiger partial charge in [0.25, 0.3) is 0 Å². The van der Waals surface area contributed by atoms with Crippen LogP contribution < -0.4 is 0 Å². The van der Waals surface area contributed by atoms with Crippen molar-refractivity contribution < 1.29 is 4.79 Å². The van der Waals surface area contributed by atoms with Crippen LogP contribution in [0.15, 0.2) is 24.3 Å². The molecule has 1 amide bonds. The van der Waals surface area contributed by atoms with Crippen LogP contribution in [0.1, 0.15) is 37.6 Å². The molecule has 1 aliphatic heterocycles. The van der Waals surface area contributed by atoms with Crippen molar-refractivity contribution in [1.82, 2.24) is 14.8 Å². The number of carbonyl (C=O) groups is 1. The van der Waals surface area contributed by atoms with E-state index in [0.29, 0.717) is 12.5 Å². The summed E-state index contributed by atoms with van der Waals surface area (Å²) in [5.41, 5.74) is 0.316. The molecule has 5 nitrogen and oxygen atoms in total. The third kappa shape index (κ3) is 3.83. The summed E-state index contributed by atoms with van der Waals surface area (Å²) in [6.45, 7) is 5.71. The second kappa shape index (κ2) is 7.11. The zero-order chi connectivity index (χ0) is 18.0. The Labute approximate surface area is 152 Å². The molecule has 0 N–H and O–H groups in total. The van der Waals surface area contributed by atoms with E-state index in [9.17, 15) is 10.1 Å². The van der Waals surface area contributed by atoms with E-state index in [-0.39, 0.29) is 5.91 Å². The SMILES string of the molecule is CN(C(=O)CN1CCC(c2nc3ccccc3s2)CC1)C(C)(C)C#N. The molecule has 0 radical (unpaired) electrons. The van der Waals surface area contributed by atoms with Crippen molar-refractivity contribution in [2.45, 2.75) is 38.1 Å². The van der Waals surface area contributed by atoms with Crippen molar-refractivity contribution in [3.05, 3.63) is 29.3 Å². The molecule has 1 aromatic heterocycles. The maximum atomic E-state index is 12.4. The lowest BCUT2D eigenvalue weighted by Crippen LogP contribution is -2.49. The normalized spacial score (nSPS) is 16.7. The lowest BCUT2D eigenvalue weighted by molar-refractivity contribution is -0.134. The highest BCUT2D eigenvalue weighted by Gasteiger charge is 2.30. The molecule has 1 aliphatic rings. The van der Waals surface area contributed by atoms with E-state index in [0.717, 1.165) is 31.4 Å². The molecule has 1 aromatic carbocycles. The number of rotatable bonds is 4. The second-order valence-electron chi connectivity index (χ2n) is 7.19. The number of amides is 1. The number of nitriles is 1. The van der Waals surface area contributed by atoms with Crippen LogP contribution in [0, 0.1) is 11.3 Å². The fraction of sp³-hybridized carbons (Fsp3) is 0.526. The number of hydrogen-bond donors (Lipinski definition) is 0.